The summed E-state index contributed by atoms with van der Waals surface area (Å²) >= 11 is 3.73. The molecule has 1 aromatic carbocycles. The molecule has 1 atom stereocenters. The topological polar surface area (TPSA) is 19.0 Å². The molecule has 2 aliphatic heterocycles. The highest BCUT2D eigenvalue weighted by Gasteiger charge is 2.31. The first kappa shape index (κ1) is 22.6. The Hall–Kier alpha value is -0.620. The molecule has 1 aliphatic carbocycles. The second-order valence-electron chi connectivity index (χ2n) is 9.85. The predicted octanol–water partition coefficient (Wildman–Crippen LogP) is 5.01. The van der Waals surface area contributed by atoms with Gasteiger partial charge in [0, 0.05) is 29.6 Å². The minimum absolute atomic E-state index is 0.730. The summed E-state index contributed by atoms with van der Waals surface area (Å²) in [6.45, 7) is 6.24. The molecular weight excluding hydrogens is 438 g/mol. The molecule has 1 saturated carbocycles. The number of likely N-dealkylation sites (N-methyl/N-ethyl adjacent to an activating group) is 1. The van der Waals surface area contributed by atoms with Gasteiger partial charge in [-0.2, -0.15) is 0 Å². The molecule has 3 aliphatic rings. The Labute approximate surface area is 192 Å². The van der Waals surface area contributed by atoms with Crippen molar-refractivity contribution < 1.29 is 4.74 Å². The summed E-state index contributed by atoms with van der Waals surface area (Å²) < 4.78 is 6.64. The molecule has 0 aromatic heterocycles. The molecule has 168 valence electrons. The van der Waals surface area contributed by atoms with Crippen LogP contribution in [0.3, 0.4) is 0 Å². The Morgan fingerprint density at radius 3 is 2.47 bits per heavy atom. The maximum Gasteiger partial charge on any atom is 0.119 e. The smallest absolute Gasteiger partial charge is 0.119 e. The summed E-state index contributed by atoms with van der Waals surface area (Å²) in [5.41, 5.74) is 1.39. The van der Waals surface area contributed by atoms with Crippen LogP contribution in [0.1, 0.15) is 56.9 Å². The maximum atomic E-state index is 5.42. The summed E-state index contributed by atoms with van der Waals surface area (Å²) in [5.74, 6) is 1.75. The zero-order chi connectivity index (χ0) is 20.9. The van der Waals surface area contributed by atoms with Crippen molar-refractivity contribution in [3.05, 3.63) is 28.2 Å². The lowest BCUT2D eigenvalue weighted by atomic mass is 9.89. The minimum atomic E-state index is 0.730. The molecule has 1 aromatic rings. The van der Waals surface area contributed by atoms with Gasteiger partial charge >= 0.3 is 0 Å². The predicted molar refractivity (Wildman–Crippen MR) is 128 cm³/mol. The van der Waals surface area contributed by atoms with Gasteiger partial charge in [-0.3, -0.25) is 9.80 Å². The summed E-state index contributed by atoms with van der Waals surface area (Å²) in [6.07, 6.45) is 12.3. The summed E-state index contributed by atoms with van der Waals surface area (Å²) in [5, 5.41) is 0. The van der Waals surface area contributed by atoms with Crippen LogP contribution in [0.5, 0.6) is 5.75 Å². The lowest BCUT2D eigenvalue weighted by Gasteiger charge is -2.46. The van der Waals surface area contributed by atoms with Crippen LogP contribution in [-0.4, -0.2) is 73.8 Å². The van der Waals surface area contributed by atoms with Crippen LogP contribution in [0.15, 0.2) is 22.7 Å². The molecule has 3 fully saturated rings. The molecule has 0 bridgehead atoms. The Morgan fingerprint density at radius 1 is 1.00 bits per heavy atom. The Kier molecular flexibility index (Phi) is 8.13. The second kappa shape index (κ2) is 10.8. The van der Waals surface area contributed by atoms with Crippen molar-refractivity contribution in [3.63, 3.8) is 0 Å². The normalized spacial score (nSPS) is 26.2. The molecule has 30 heavy (non-hydrogen) atoms. The number of hydrogen-bond acceptors (Lipinski definition) is 4. The number of nitrogens with zero attached hydrogens (tertiary/aromatic N) is 3. The van der Waals surface area contributed by atoms with E-state index >= 15 is 0 Å². The molecule has 0 spiro atoms. The molecule has 1 unspecified atom stereocenters. The number of hydrogen-bond donors (Lipinski definition) is 0. The summed E-state index contributed by atoms with van der Waals surface area (Å²) in [4.78, 5) is 8.14. The third-order valence-corrected chi connectivity index (χ3v) is 8.58. The Balaban J connectivity index is 1.21. The number of ether oxygens (including phenoxy) is 1. The van der Waals surface area contributed by atoms with E-state index in [9.17, 15) is 0 Å². The van der Waals surface area contributed by atoms with E-state index in [0.29, 0.717) is 0 Å². The molecule has 0 radical (unpaired) electrons. The summed E-state index contributed by atoms with van der Waals surface area (Å²) in [6, 6.07) is 7.94. The lowest BCUT2D eigenvalue weighted by molar-refractivity contribution is 0.00326. The van der Waals surface area contributed by atoms with Gasteiger partial charge < -0.3 is 9.64 Å². The highest BCUT2D eigenvalue weighted by molar-refractivity contribution is 9.10. The quantitative estimate of drug-likeness (QED) is 0.572. The van der Waals surface area contributed by atoms with E-state index < -0.39 is 0 Å². The van der Waals surface area contributed by atoms with Crippen molar-refractivity contribution in [1.82, 2.24) is 14.7 Å². The van der Waals surface area contributed by atoms with E-state index in [4.69, 9.17) is 4.74 Å². The third kappa shape index (κ3) is 5.79. The fraction of sp³-hybridized carbons (Fsp3) is 0.760. The molecule has 0 N–H and O–H groups in total. The SMILES string of the molecule is COc1ccc(Br)c(CC2CCN(CC3CCN(C4CCCCC4)CN3C)CC2)c1. The summed E-state index contributed by atoms with van der Waals surface area (Å²) in [7, 11) is 4.11. The number of likely N-dealkylation sites (tertiary alicyclic amines) is 1. The number of methoxy groups -OCH3 is 1. The highest BCUT2D eigenvalue weighted by atomic mass is 79.9. The first-order valence-corrected chi connectivity index (χ1v) is 12.9. The lowest BCUT2D eigenvalue weighted by Crippen LogP contribution is -2.56. The van der Waals surface area contributed by atoms with Gasteiger partial charge in [-0.05, 0) is 88.3 Å². The van der Waals surface area contributed by atoms with E-state index in [1.165, 1.54) is 94.3 Å². The average Bonchev–Trinajstić information content (AvgIpc) is 2.78. The zero-order valence-corrected chi connectivity index (χ0v) is 20.6. The van der Waals surface area contributed by atoms with Crippen LogP contribution in [0.2, 0.25) is 0 Å². The molecule has 2 heterocycles. The van der Waals surface area contributed by atoms with Crippen LogP contribution in [-0.2, 0) is 6.42 Å². The van der Waals surface area contributed by atoms with Crippen molar-refractivity contribution in [2.24, 2.45) is 5.92 Å². The van der Waals surface area contributed by atoms with Crippen LogP contribution in [0.4, 0.5) is 0 Å². The van der Waals surface area contributed by atoms with Gasteiger partial charge in [0.15, 0.2) is 0 Å². The van der Waals surface area contributed by atoms with Crippen LogP contribution in [0.25, 0.3) is 0 Å². The molecule has 0 amide bonds. The fourth-order valence-corrected chi connectivity index (χ4v) is 6.21. The number of piperidine rings is 1. The van der Waals surface area contributed by atoms with Crippen molar-refractivity contribution in [2.45, 2.75) is 69.9 Å². The van der Waals surface area contributed by atoms with Gasteiger partial charge in [0.2, 0.25) is 0 Å². The zero-order valence-electron chi connectivity index (χ0n) is 19.0. The first-order valence-electron chi connectivity index (χ1n) is 12.1. The van der Waals surface area contributed by atoms with Gasteiger partial charge in [0.1, 0.15) is 5.75 Å². The van der Waals surface area contributed by atoms with E-state index in [2.05, 4.69) is 49.8 Å². The molecule has 5 heteroatoms. The molecule has 2 saturated heterocycles. The van der Waals surface area contributed by atoms with Crippen molar-refractivity contribution >= 4 is 15.9 Å². The van der Waals surface area contributed by atoms with Gasteiger partial charge in [-0.1, -0.05) is 35.2 Å². The van der Waals surface area contributed by atoms with Crippen LogP contribution < -0.4 is 4.74 Å². The molecule has 4 rings (SSSR count). The second-order valence-corrected chi connectivity index (χ2v) is 10.7. The fourth-order valence-electron chi connectivity index (χ4n) is 5.80. The Bertz CT molecular complexity index is 670. The minimum Gasteiger partial charge on any atom is -0.497 e. The Morgan fingerprint density at radius 2 is 1.77 bits per heavy atom. The van der Waals surface area contributed by atoms with Crippen molar-refractivity contribution in [1.29, 1.82) is 0 Å². The largest absolute Gasteiger partial charge is 0.497 e. The average molecular weight is 479 g/mol. The standard InChI is InChI=1S/C25H40BrN3O/c1-27-19-29(22-6-4-3-5-7-22)15-12-23(27)18-28-13-10-20(11-14-28)16-21-17-24(30-2)8-9-25(21)26/h8-9,17,20,22-23H,3-7,10-16,18-19H2,1-2H3. The van der Waals surface area contributed by atoms with Gasteiger partial charge in [-0.25, -0.2) is 0 Å². The number of rotatable bonds is 6. The molecular formula is C25H40BrN3O. The van der Waals surface area contributed by atoms with Crippen LogP contribution in [0, 0.1) is 5.92 Å². The number of halogens is 1. The van der Waals surface area contributed by atoms with Crippen LogP contribution >= 0.6 is 15.9 Å². The monoisotopic (exact) mass is 477 g/mol. The van der Waals surface area contributed by atoms with Gasteiger partial charge in [-0.15, -0.1) is 0 Å². The van der Waals surface area contributed by atoms with E-state index in [1.807, 2.05) is 6.07 Å². The van der Waals surface area contributed by atoms with E-state index in [1.54, 1.807) is 7.11 Å². The van der Waals surface area contributed by atoms with Crippen molar-refractivity contribution in [3.8, 4) is 5.75 Å². The van der Waals surface area contributed by atoms with Gasteiger partial charge in [0.25, 0.3) is 0 Å². The molecule has 4 nitrogen and oxygen atoms in total. The highest BCUT2D eigenvalue weighted by Crippen LogP contribution is 2.30. The van der Waals surface area contributed by atoms with Crippen molar-refractivity contribution in [2.75, 3.05) is 47.0 Å². The maximum absolute atomic E-state index is 5.42. The van der Waals surface area contributed by atoms with Gasteiger partial charge in [0.05, 0.1) is 13.8 Å². The number of benzene rings is 1. The van der Waals surface area contributed by atoms with E-state index in [0.717, 1.165) is 30.2 Å². The van der Waals surface area contributed by atoms with E-state index in [-0.39, 0.29) is 0 Å². The first-order chi connectivity index (χ1) is 14.6. The third-order valence-electron chi connectivity index (χ3n) is 7.81.